The van der Waals surface area contributed by atoms with Crippen molar-refractivity contribution in [1.29, 1.82) is 0 Å². The molecular formula is C29H37N3O2. The van der Waals surface area contributed by atoms with Crippen LogP contribution in [0.1, 0.15) is 43.9 Å². The molecule has 3 rings (SSSR count). The quantitative estimate of drug-likeness (QED) is 0.312. The standard InChI is InChI=1S/C29H37N3O2/c1-29(2,3)34-28(33)32-27(19-23-11-6-4-7-12-23)17-18-30-21-25-15-10-16-26(20-25)31-22-24-13-8-5-9-14-24/h4-16,20,27,30-31H,17-19,21-22H2,1-3H3,(H,32,33)/t27-/m1/s1. The van der Waals surface area contributed by atoms with Crippen molar-refractivity contribution in [3.8, 4) is 0 Å². The van der Waals surface area contributed by atoms with E-state index in [0.29, 0.717) is 0 Å². The molecule has 5 nitrogen and oxygen atoms in total. The number of carbonyl (C=O) groups excluding carboxylic acids is 1. The molecule has 0 unspecified atom stereocenters. The van der Waals surface area contributed by atoms with Gasteiger partial charge in [-0.2, -0.15) is 0 Å². The van der Waals surface area contributed by atoms with E-state index in [9.17, 15) is 4.79 Å². The van der Waals surface area contributed by atoms with E-state index in [1.165, 1.54) is 16.7 Å². The number of nitrogens with one attached hydrogen (secondary N) is 3. The van der Waals surface area contributed by atoms with E-state index < -0.39 is 5.60 Å². The zero-order chi connectivity index (χ0) is 24.2. The third-order valence-corrected chi connectivity index (χ3v) is 5.31. The van der Waals surface area contributed by atoms with Crippen LogP contribution in [0.2, 0.25) is 0 Å². The Labute approximate surface area is 203 Å². The maximum Gasteiger partial charge on any atom is 0.407 e. The number of carbonyl (C=O) groups is 1. The molecule has 0 bridgehead atoms. The minimum Gasteiger partial charge on any atom is -0.444 e. The summed E-state index contributed by atoms with van der Waals surface area (Å²) in [5.41, 5.74) is 4.27. The molecule has 1 atom stereocenters. The van der Waals surface area contributed by atoms with E-state index in [4.69, 9.17) is 4.74 Å². The fourth-order valence-electron chi connectivity index (χ4n) is 3.70. The van der Waals surface area contributed by atoms with Gasteiger partial charge in [0, 0.05) is 24.8 Å². The summed E-state index contributed by atoms with van der Waals surface area (Å²) >= 11 is 0. The number of benzene rings is 3. The molecule has 0 aliphatic heterocycles. The Balaban J connectivity index is 1.48. The summed E-state index contributed by atoms with van der Waals surface area (Å²) in [7, 11) is 0. The van der Waals surface area contributed by atoms with Gasteiger partial charge in [-0.15, -0.1) is 0 Å². The number of hydrogen-bond acceptors (Lipinski definition) is 4. The summed E-state index contributed by atoms with van der Waals surface area (Å²) in [6.07, 6.45) is 1.20. The fraction of sp³-hybridized carbons (Fsp3) is 0.345. The van der Waals surface area contributed by atoms with Gasteiger partial charge in [-0.1, -0.05) is 72.8 Å². The van der Waals surface area contributed by atoms with Gasteiger partial charge in [-0.25, -0.2) is 4.79 Å². The monoisotopic (exact) mass is 459 g/mol. The molecule has 34 heavy (non-hydrogen) atoms. The first-order valence-corrected chi connectivity index (χ1v) is 12.0. The van der Waals surface area contributed by atoms with E-state index in [1.54, 1.807) is 0 Å². The van der Waals surface area contributed by atoms with Crippen molar-refractivity contribution in [1.82, 2.24) is 10.6 Å². The molecule has 5 heteroatoms. The number of rotatable bonds is 11. The van der Waals surface area contributed by atoms with Crippen molar-refractivity contribution < 1.29 is 9.53 Å². The third-order valence-electron chi connectivity index (χ3n) is 5.31. The van der Waals surface area contributed by atoms with E-state index in [1.807, 2.05) is 45.0 Å². The highest BCUT2D eigenvalue weighted by molar-refractivity contribution is 5.68. The predicted octanol–water partition coefficient (Wildman–Crippen LogP) is 5.91. The number of anilines is 1. The molecular weight excluding hydrogens is 422 g/mol. The Morgan fingerprint density at radius 1 is 0.824 bits per heavy atom. The molecule has 180 valence electrons. The molecule has 3 N–H and O–H groups in total. The highest BCUT2D eigenvalue weighted by Crippen LogP contribution is 2.13. The first-order valence-electron chi connectivity index (χ1n) is 12.0. The predicted molar refractivity (Wildman–Crippen MR) is 140 cm³/mol. The third kappa shape index (κ3) is 9.67. The molecule has 0 fully saturated rings. The Hall–Kier alpha value is -3.31. The second-order valence-electron chi connectivity index (χ2n) is 9.54. The lowest BCUT2D eigenvalue weighted by atomic mass is 10.0. The largest absolute Gasteiger partial charge is 0.444 e. The highest BCUT2D eigenvalue weighted by atomic mass is 16.6. The zero-order valence-electron chi connectivity index (χ0n) is 20.5. The molecule has 0 spiro atoms. The highest BCUT2D eigenvalue weighted by Gasteiger charge is 2.19. The maximum atomic E-state index is 12.4. The zero-order valence-corrected chi connectivity index (χ0v) is 20.5. The van der Waals surface area contributed by atoms with Crippen molar-refractivity contribution in [2.24, 2.45) is 0 Å². The van der Waals surface area contributed by atoms with Gasteiger partial charge in [-0.3, -0.25) is 0 Å². The van der Waals surface area contributed by atoms with Gasteiger partial charge in [0.25, 0.3) is 0 Å². The summed E-state index contributed by atoms with van der Waals surface area (Å²) in [5, 5.41) is 10.1. The second kappa shape index (κ2) is 12.8. The molecule has 0 saturated carbocycles. The van der Waals surface area contributed by atoms with Crippen LogP contribution in [0.15, 0.2) is 84.9 Å². The van der Waals surface area contributed by atoms with Crippen LogP contribution in [-0.2, 0) is 24.2 Å². The molecule has 0 radical (unpaired) electrons. The average molecular weight is 460 g/mol. The Morgan fingerprint density at radius 2 is 1.47 bits per heavy atom. The SMILES string of the molecule is CC(C)(C)OC(=O)N[C@H](CCNCc1cccc(NCc2ccccc2)c1)Cc1ccccc1. The maximum absolute atomic E-state index is 12.4. The topological polar surface area (TPSA) is 62.4 Å². The smallest absolute Gasteiger partial charge is 0.407 e. The minimum atomic E-state index is -0.515. The molecule has 0 aliphatic rings. The summed E-state index contributed by atoms with van der Waals surface area (Å²) in [6.45, 7) is 7.99. The van der Waals surface area contributed by atoms with E-state index in [2.05, 4.69) is 76.6 Å². The lowest BCUT2D eigenvalue weighted by molar-refractivity contribution is 0.0502. The normalized spacial score (nSPS) is 12.1. The van der Waals surface area contributed by atoms with Crippen molar-refractivity contribution in [2.45, 2.75) is 58.3 Å². The van der Waals surface area contributed by atoms with Gasteiger partial charge < -0.3 is 20.7 Å². The van der Waals surface area contributed by atoms with E-state index >= 15 is 0 Å². The first kappa shape index (κ1) is 25.3. The van der Waals surface area contributed by atoms with Gasteiger partial charge in [0.1, 0.15) is 5.60 Å². The van der Waals surface area contributed by atoms with Gasteiger partial charge in [0.15, 0.2) is 0 Å². The van der Waals surface area contributed by atoms with Crippen LogP contribution in [0.3, 0.4) is 0 Å². The van der Waals surface area contributed by atoms with Gasteiger partial charge in [0.05, 0.1) is 0 Å². The van der Waals surface area contributed by atoms with Crippen LogP contribution in [0.25, 0.3) is 0 Å². The second-order valence-corrected chi connectivity index (χ2v) is 9.54. The molecule has 3 aromatic rings. The van der Waals surface area contributed by atoms with Crippen molar-refractivity contribution >= 4 is 11.8 Å². The molecule has 0 saturated heterocycles. The van der Waals surface area contributed by atoms with Crippen LogP contribution in [0.4, 0.5) is 10.5 Å². The molecule has 0 aliphatic carbocycles. The van der Waals surface area contributed by atoms with Crippen LogP contribution in [-0.4, -0.2) is 24.3 Å². The number of amides is 1. The van der Waals surface area contributed by atoms with Gasteiger partial charge in [0.2, 0.25) is 0 Å². The van der Waals surface area contributed by atoms with E-state index in [-0.39, 0.29) is 12.1 Å². The first-order chi connectivity index (χ1) is 16.4. The minimum absolute atomic E-state index is 0.0105. The van der Waals surface area contributed by atoms with Gasteiger partial charge >= 0.3 is 6.09 Å². The number of alkyl carbamates (subject to hydrolysis) is 1. The van der Waals surface area contributed by atoms with Gasteiger partial charge in [-0.05, 0) is 69.0 Å². The molecule has 1 amide bonds. The molecule has 3 aromatic carbocycles. The number of ether oxygens (including phenoxy) is 1. The average Bonchev–Trinajstić information content (AvgIpc) is 2.81. The van der Waals surface area contributed by atoms with Crippen molar-refractivity contribution in [3.05, 3.63) is 102 Å². The lowest BCUT2D eigenvalue weighted by Crippen LogP contribution is -2.41. The summed E-state index contributed by atoms with van der Waals surface area (Å²) in [6, 6.07) is 29.1. The van der Waals surface area contributed by atoms with Crippen LogP contribution < -0.4 is 16.0 Å². The van der Waals surface area contributed by atoms with Crippen LogP contribution in [0.5, 0.6) is 0 Å². The summed E-state index contributed by atoms with van der Waals surface area (Å²) < 4.78 is 5.47. The summed E-state index contributed by atoms with van der Waals surface area (Å²) in [5.74, 6) is 0. The van der Waals surface area contributed by atoms with Crippen LogP contribution in [0, 0.1) is 0 Å². The van der Waals surface area contributed by atoms with Crippen molar-refractivity contribution in [3.63, 3.8) is 0 Å². The lowest BCUT2D eigenvalue weighted by Gasteiger charge is -2.24. The number of hydrogen-bond donors (Lipinski definition) is 3. The van der Waals surface area contributed by atoms with Crippen molar-refractivity contribution in [2.75, 3.05) is 11.9 Å². The van der Waals surface area contributed by atoms with E-state index in [0.717, 1.165) is 38.2 Å². The molecule has 0 aromatic heterocycles. The summed E-state index contributed by atoms with van der Waals surface area (Å²) in [4.78, 5) is 12.4. The molecule has 0 heterocycles. The van der Waals surface area contributed by atoms with Crippen LogP contribution >= 0.6 is 0 Å². The Kier molecular flexibility index (Phi) is 9.53. The Morgan fingerprint density at radius 3 is 2.15 bits per heavy atom. The fourth-order valence-corrected chi connectivity index (χ4v) is 3.70. The Bertz CT molecular complexity index is 1000.